The molecule has 0 spiro atoms. The van der Waals surface area contributed by atoms with Crippen molar-refractivity contribution in [2.75, 3.05) is 20.6 Å². The van der Waals surface area contributed by atoms with E-state index in [1.165, 1.54) is 23.9 Å². The van der Waals surface area contributed by atoms with Crippen molar-refractivity contribution in [2.45, 2.75) is 108 Å². The van der Waals surface area contributed by atoms with Crippen molar-refractivity contribution in [3.8, 4) is 0 Å². The Morgan fingerprint density at radius 3 is 2.53 bits per heavy atom. The quantitative estimate of drug-likeness (QED) is 0.381. The van der Waals surface area contributed by atoms with Crippen molar-refractivity contribution in [1.82, 2.24) is 29.5 Å². The maximum absolute atomic E-state index is 14.3. The van der Waals surface area contributed by atoms with Crippen molar-refractivity contribution in [3.05, 3.63) is 46.5 Å². The van der Waals surface area contributed by atoms with E-state index < -0.39 is 75.4 Å². The number of hydrogen-bond acceptors (Lipinski definition) is 9. The van der Waals surface area contributed by atoms with E-state index in [9.17, 15) is 32.4 Å². The molecule has 5 amide bonds. The molecule has 0 radical (unpaired) electrons. The third-order valence-corrected chi connectivity index (χ3v) is 11.2. The van der Waals surface area contributed by atoms with Gasteiger partial charge in [0.15, 0.2) is 0 Å². The zero-order chi connectivity index (χ0) is 37.3. The Labute approximate surface area is 303 Å². The number of carbonyl (C=O) groups is 5. The zero-order valence-corrected chi connectivity index (χ0v) is 31.1. The Kier molecular flexibility index (Phi) is 11.3. The number of fused-ring (bicyclic) bond motifs is 3. The van der Waals surface area contributed by atoms with Crippen molar-refractivity contribution >= 4 is 51.7 Å². The first kappa shape index (κ1) is 38.3. The number of hydrogen-bond donors (Lipinski definition) is 3. The molecular formula is C34H47ClN6O9S. The van der Waals surface area contributed by atoms with E-state index in [0.29, 0.717) is 17.9 Å². The van der Waals surface area contributed by atoms with Crippen LogP contribution in [0.5, 0.6) is 0 Å². The van der Waals surface area contributed by atoms with E-state index in [0.717, 1.165) is 28.3 Å². The Bertz CT molecular complexity index is 1700. The second kappa shape index (κ2) is 15.0. The summed E-state index contributed by atoms with van der Waals surface area (Å²) in [6.45, 7) is 5.45. The van der Waals surface area contributed by atoms with Gasteiger partial charge in [0.2, 0.25) is 11.8 Å². The van der Waals surface area contributed by atoms with Gasteiger partial charge < -0.3 is 25.0 Å². The van der Waals surface area contributed by atoms with E-state index in [-0.39, 0.29) is 38.9 Å². The van der Waals surface area contributed by atoms with Gasteiger partial charge in [0, 0.05) is 38.0 Å². The maximum atomic E-state index is 14.3. The lowest BCUT2D eigenvalue weighted by Crippen LogP contribution is -2.58. The number of alkyl carbamates (subject to hydrolysis) is 1. The molecular weight excluding hydrogens is 704 g/mol. The summed E-state index contributed by atoms with van der Waals surface area (Å²) in [5.74, 6) is -2.69. The molecule has 5 atom stereocenters. The fraction of sp³-hybridized carbons (Fsp3) is 0.618. The molecule has 0 aromatic heterocycles. The zero-order valence-electron chi connectivity index (χ0n) is 29.6. The molecule has 15 nitrogen and oxygen atoms in total. The highest BCUT2D eigenvalue weighted by molar-refractivity contribution is 7.87. The van der Waals surface area contributed by atoms with Crippen LogP contribution in [0.3, 0.4) is 0 Å². The number of nitrogens with zero attached hydrogens (tertiary/aromatic N) is 3. The van der Waals surface area contributed by atoms with Crippen molar-refractivity contribution in [1.29, 1.82) is 0 Å². The fourth-order valence-electron chi connectivity index (χ4n) is 6.64. The first-order valence-corrected chi connectivity index (χ1v) is 19.0. The smallest absolute Gasteiger partial charge is 0.410 e. The lowest BCUT2D eigenvalue weighted by molar-refractivity contribution is -0.141. The average Bonchev–Trinajstić information content (AvgIpc) is 3.33. The van der Waals surface area contributed by atoms with Gasteiger partial charge in [0.05, 0.1) is 13.1 Å². The maximum Gasteiger partial charge on any atom is 0.410 e. The van der Waals surface area contributed by atoms with E-state index in [1.807, 2.05) is 12.1 Å². The number of ether oxygens (including phenoxy) is 2. The third kappa shape index (κ3) is 8.95. The lowest BCUT2D eigenvalue weighted by Gasteiger charge is -2.30. The minimum atomic E-state index is -4.18. The fourth-order valence-corrected chi connectivity index (χ4v) is 7.49. The van der Waals surface area contributed by atoms with E-state index in [4.69, 9.17) is 21.1 Å². The van der Waals surface area contributed by atoms with Crippen molar-refractivity contribution in [2.24, 2.45) is 5.92 Å². The molecule has 280 valence electrons. The topological polar surface area (TPSA) is 184 Å². The molecule has 1 aromatic carbocycles. The molecule has 1 saturated carbocycles. The van der Waals surface area contributed by atoms with Gasteiger partial charge in [-0.3, -0.25) is 19.3 Å². The molecule has 1 aliphatic carbocycles. The second-order valence-corrected chi connectivity index (χ2v) is 17.0. The Morgan fingerprint density at radius 1 is 1.10 bits per heavy atom. The van der Waals surface area contributed by atoms with E-state index >= 15 is 0 Å². The van der Waals surface area contributed by atoms with E-state index in [1.54, 1.807) is 39.0 Å². The summed E-state index contributed by atoms with van der Waals surface area (Å²) in [7, 11) is -1.64. The SMILES string of the molecule is CN(C)S(=O)(=O)NC(=O)[C@@]12C[C@H]1C=CCCCCC[C@H](NC(=O)OC(C)(C)C)C(=O)N1C[C@H](OC(=O)N3Cc4cccc(Cl)c4C3)C[C@H]1C(=O)N2. The van der Waals surface area contributed by atoms with E-state index in [2.05, 4.69) is 15.4 Å². The van der Waals surface area contributed by atoms with Gasteiger partial charge in [0.25, 0.3) is 5.91 Å². The highest BCUT2D eigenvalue weighted by Crippen LogP contribution is 2.46. The van der Waals surface area contributed by atoms with Gasteiger partial charge in [-0.05, 0) is 63.6 Å². The average molecular weight is 751 g/mol. The summed E-state index contributed by atoms with van der Waals surface area (Å²) in [6, 6.07) is 3.14. The molecule has 51 heavy (non-hydrogen) atoms. The van der Waals surface area contributed by atoms with Crippen molar-refractivity contribution < 1.29 is 41.9 Å². The first-order valence-electron chi connectivity index (χ1n) is 17.2. The van der Waals surface area contributed by atoms with Crippen LogP contribution in [0.4, 0.5) is 9.59 Å². The summed E-state index contributed by atoms with van der Waals surface area (Å²) in [5, 5.41) is 5.98. The summed E-state index contributed by atoms with van der Waals surface area (Å²) in [6.07, 6.45) is 4.38. The van der Waals surface area contributed by atoms with Crippen LogP contribution in [0.1, 0.15) is 76.8 Å². The predicted octanol–water partition coefficient (Wildman–Crippen LogP) is 2.97. The second-order valence-electron chi connectivity index (χ2n) is 14.7. The number of allylic oxidation sites excluding steroid dienone is 1. The normalized spacial score (nSPS) is 27.0. The number of halogens is 1. The minimum Gasteiger partial charge on any atom is -0.444 e. The van der Waals surface area contributed by atoms with Crippen LogP contribution in [-0.2, 0) is 47.2 Å². The van der Waals surface area contributed by atoms with Crippen LogP contribution in [-0.4, -0.2) is 102 Å². The summed E-state index contributed by atoms with van der Waals surface area (Å²) in [4.78, 5) is 71.0. The van der Waals surface area contributed by atoms with Crippen LogP contribution in [0.15, 0.2) is 30.4 Å². The third-order valence-electron chi connectivity index (χ3n) is 9.49. The Balaban J connectivity index is 1.41. The molecule has 3 N–H and O–H groups in total. The molecule has 0 bridgehead atoms. The van der Waals surface area contributed by atoms with Crippen LogP contribution in [0, 0.1) is 5.92 Å². The largest absolute Gasteiger partial charge is 0.444 e. The number of nitrogens with one attached hydrogen (secondary N) is 3. The molecule has 3 aliphatic heterocycles. The highest BCUT2D eigenvalue weighted by Gasteiger charge is 2.62. The van der Waals surface area contributed by atoms with Gasteiger partial charge in [0.1, 0.15) is 29.3 Å². The Hall–Kier alpha value is -3.89. The standard InChI is InChI=1S/C34H47ClN6O9S/c1-33(2,3)50-31(45)36-26-15-10-8-6-7-9-13-22-17-34(22,30(44)38-51(47,48)39(4)5)37-28(42)27-16-23(19-41(27)29(26)43)49-32(46)40-18-21-12-11-14-25(35)24(21)20-40/h9,11-14,22-23,26-27H,6-8,10,15-20H2,1-5H3,(H,36,45)(H,37,42)(H,38,44)/t22-,23-,26+,27+,34-/m1/s1. The van der Waals surface area contributed by atoms with Crippen LogP contribution >= 0.6 is 11.6 Å². The lowest BCUT2D eigenvalue weighted by atomic mass is 10.0. The van der Waals surface area contributed by atoms with Gasteiger partial charge in [-0.2, -0.15) is 12.7 Å². The minimum absolute atomic E-state index is 0.0990. The van der Waals surface area contributed by atoms with Crippen LogP contribution in [0.25, 0.3) is 0 Å². The number of benzene rings is 1. The number of amides is 5. The molecule has 4 aliphatic rings. The summed E-state index contributed by atoms with van der Waals surface area (Å²) >= 11 is 6.34. The molecule has 0 unspecified atom stereocenters. The van der Waals surface area contributed by atoms with Crippen LogP contribution in [0.2, 0.25) is 5.02 Å². The van der Waals surface area contributed by atoms with Crippen LogP contribution < -0.4 is 15.4 Å². The summed E-state index contributed by atoms with van der Waals surface area (Å²) in [5.41, 5.74) is -0.718. The first-order chi connectivity index (χ1) is 23.9. The molecule has 5 rings (SSSR count). The number of carbonyl (C=O) groups excluding carboxylic acids is 5. The molecule has 1 saturated heterocycles. The molecule has 1 aromatic rings. The van der Waals surface area contributed by atoms with Gasteiger partial charge in [-0.1, -0.05) is 48.7 Å². The highest BCUT2D eigenvalue weighted by atomic mass is 35.5. The Morgan fingerprint density at radius 2 is 1.84 bits per heavy atom. The van der Waals surface area contributed by atoms with Gasteiger partial charge in [-0.25, -0.2) is 14.3 Å². The molecule has 2 fully saturated rings. The van der Waals surface area contributed by atoms with Gasteiger partial charge in [-0.15, -0.1) is 0 Å². The van der Waals surface area contributed by atoms with Crippen molar-refractivity contribution in [3.63, 3.8) is 0 Å². The molecule has 3 heterocycles. The number of rotatable bonds is 5. The summed E-state index contributed by atoms with van der Waals surface area (Å²) < 4.78 is 39.4. The predicted molar refractivity (Wildman–Crippen MR) is 186 cm³/mol. The monoisotopic (exact) mass is 750 g/mol. The van der Waals surface area contributed by atoms with Gasteiger partial charge >= 0.3 is 22.4 Å². The molecule has 17 heteroatoms.